The molecular weight excluding hydrogens is 419 g/mol. The van der Waals surface area contributed by atoms with E-state index in [0.29, 0.717) is 12.1 Å². The molecule has 2 aromatic carbocycles. The number of hydrogen-bond acceptors (Lipinski definition) is 5. The first-order valence-electron chi connectivity index (χ1n) is 9.55. The zero-order valence-corrected chi connectivity index (χ0v) is 16.7. The summed E-state index contributed by atoms with van der Waals surface area (Å²) in [6.07, 6.45) is -5.61. The van der Waals surface area contributed by atoms with Crippen molar-refractivity contribution in [2.24, 2.45) is 5.92 Å². The Kier molecular flexibility index (Phi) is 4.17. The summed E-state index contributed by atoms with van der Waals surface area (Å²) in [7, 11) is -4.21. The first-order chi connectivity index (χ1) is 14.1. The third-order valence-corrected chi connectivity index (χ3v) is 8.66. The van der Waals surface area contributed by atoms with Gasteiger partial charge in [-0.05, 0) is 42.3 Å². The molecule has 0 saturated carbocycles. The number of hydrogen-bond donors (Lipinski definition) is 3. The van der Waals surface area contributed by atoms with E-state index < -0.39 is 39.4 Å². The van der Waals surface area contributed by atoms with Crippen molar-refractivity contribution in [1.29, 1.82) is 0 Å². The maximum Gasteiger partial charge on any atom is 0.416 e. The largest absolute Gasteiger partial charge is 0.416 e. The van der Waals surface area contributed by atoms with Gasteiger partial charge in [-0.15, -0.1) is 0 Å². The van der Waals surface area contributed by atoms with Gasteiger partial charge in [0.1, 0.15) is 0 Å². The van der Waals surface area contributed by atoms with Gasteiger partial charge in [0, 0.05) is 12.5 Å². The normalized spacial score (nSPS) is 33.4. The second-order valence-corrected chi connectivity index (χ2v) is 9.98. The molecule has 5 atom stereocenters. The van der Waals surface area contributed by atoms with Crippen LogP contribution in [0.3, 0.4) is 0 Å². The van der Waals surface area contributed by atoms with Gasteiger partial charge in [0.25, 0.3) is 0 Å². The minimum absolute atomic E-state index is 0.232. The molecule has 10 heteroatoms. The molecule has 2 fully saturated rings. The molecule has 2 bridgehead atoms. The number of aliphatic hydroxyl groups is 1. The minimum atomic E-state index is -4.56. The fourth-order valence-corrected chi connectivity index (χ4v) is 7.25. The molecule has 3 aliphatic rings. The van der Waals surface area contributed by atoms with Crippen LogP contribution in [0.5, 0.6) is 0 Å². The fourth-order valence-electron chi connectivity index (χ4n) is 5.27. The monoisotopic (exact) mass is 439 g/mol. The highest BCUT2D eigenvalue weighted by molar-refractivity contribution is 7.89. The van der Waals surface area contributed by atoms with E-state index in [9.17, 15) is 26.7 Å². The number of sulfonamides is 1. The van der Waals surface area contributed by atoms with Gasteiger partial charge in [-0.3, -0.25) is 10.9 Å². The van der Waals surface area contributed by atoms with Crippen molar-refractivity contribution in [1.82, 2.24) is 15.2 Å². The second kappa shape index (κ2) is 6.27. The van der Waals surface area contributed by atoms with Crippen LogP contribution in [0.15, 0.2) is 53.4 Å². The van der Waals surface area contributed by atoms with Gasteiger partial charge in [0.15, 0.2) is 0 Å². The Labute approximate surface area is 171 Å². The van der Waals surface area contributed by atoms with Crippen LogP contribution in [0, 0.1) is 5.92 Å². The van der Waals surface area contributed by atoms with Crippen molar-refractivity contribution >= 4 is 10.0 Å². The molecule has 3 aliphatic heterocycles. The topological polar surface area (TPSA) is 81.7 Å². The Morgan fingerprint density at radius 2 is 1.80 bits per heavy atom. The number of fused-ring (bicyclic) bond motifs is 7. The molecule has 2 aromatic rings. The van der Waals surface area contributed by atoms with Crippen molar-refractivity contribution in [3.8, 4) is 0 Å². The minimum Gasteiger partial charge on any atom is -0.389 e. The smallest absolute Gasteiger partial charge is 0.389 e. The van der Waals surface area contributed by atoms with Crippen LogP contribution in [0.25, 0.3) is 0 Å². The molecule has 3 heterocycles. The number of aliphatic hydroxyl groups excluding tert-OH is 1. The molecule has 30 heavy (non-hydrogen) atoms. The number of alkyl halides is 3. The first-order valence-corrected chi connectivity index (χ1v) is 11.0. The van der Waals surface area contributed by atoms with Gasteiger partial charge in [0.2, 0.25) is 10.0 Å². The summed E-state index contributed by atoms with van der Waals surface area (Å²) < 4.78 is 67.5. The van der Waals surface area contributed by atoms with E-state index in [1.165, 1.54) is 4.31 Å². The average molecular weight is 439 g/mol. The SMILES string of the molecule is CC12c3ccccc3C(C3CNNC3C1O)N2S(=O)(=O)c1ccc(C(F)(F)F)cc1. The number of piperidine rings is 1. The van der Waals surface area contributed by atoms with Gasteiger partial charge in [0.05, 0.1) is 34.2 Å². The zero-order valence-electron chi connectivity index (χ0n) is 15.9. The Hall–Kier alpha value is -1.98. The summed E-state index contributed by atoms with van der Waals surface area (Å²) in [6, 6.07) is 9.88. The highest BCUT2D eigenvalue weighted by Gasteiger charge is 2.66. The van der Waals surface area contributed by atoms with Crippen molar-refractivity contribution in [3.05, 3.63) is 65.2 Å². The molecule has 5 unspecified atom stereocenters. The van der Waals surface area contributed by atoms with E-state index in [1.54, 1.807) is 13.0 Å². The maximum absolute atomic E-state index is 13.7. The number of nitrogens with zero attached hydrogens (tertiary/aromatic N) is 1. The van der Waals surface area contributed by atoms with Gasteiger partial charge in [-0.1, -0.05) is 24.3 Å². The van der Waals surface area contributed by atoms with Crippen molar-refractivity contribution in [2.75, 3.05) is 6.54 Å². The van der Waals surface area contributed by atoms with E-state index in [2.05, 4.69) is 10.9 Å². The van der Waals surface area contributed by atoms with Crippen LogP contribution in [-0.2, 0) is 21.7 Å². The average Bonchev–Trinajstić information content (AvgIpc) is 3.27. The van der Waals surface area contributed by atoms with E-state index in [0.717, 1.165) is 29.8 Å². The Morgan fingerprint density at radius 1 is 1.13 bits per heavy atom. The van der Waals surface area contributed by atoms with Crippen LogP contribution in [0.1, 0.15) is 29.7 Å². The van der Waals surface area contributed by atoms with Crippen molar-refractivity contribution in [2.45, 2.75) is 41.7 Å². The number of hydrazine groups is 1. The predicted octanol–water partition coefficient (Wildman–Crippen LogP) is 2.13. The lowest BCUT2D eigenvalue weighted by molar-refractivity contribution is -0.137. The summed E-state index contributed by atoms with van der Waals surface area (Å²) >= 11 is 0. The molecule has 0 spiro atoms. The summed E-state index contributed by atoms with van der Waals surface area (Å²) in [5, 5.41) is 11.2. The zero-order chi connectivity index (χ0) is 21.5. The van der Waals surface area contributed by atoms with Gasteiger partial charge < -0.3 is 5.11 Å². The lowest BCUT2D eigenvalue weighted by Gasteiger charge is -2.49. The van der Waals surface area contributed by atoms with E-state index in [1.807, 2.05) is 18.2 Å². The quantitative estimate of drug-likeness (QED) is 0.668. The Balaban J connectivity index is 1.67. The Morgan fingerprint density at radius 3 is 2.47 bits per heavy atom. The fraction of sp³-hybridized carbons (Fsp3) is 0.400. The molecule has 0 aliphatic carbocycles. The third-order valence-electron chi connectivity index (χ3n) is 6.66. The first kappa shape index (κ1) is 20.0. The molecule has 3 N–H and O–H groups in total. The highest BCUT2D eigenvalue weighted by Crippen LogP contribution is 2.59. The lowest BCUT2D eigenvalue weighted by atomic mass is 9.79. The van der Waals surface area contributed by atoms with E-state index in [4.69, 9.17) is 0 Å². The summed E-state index contributed by atoms with van der Waals surface area (Å²) in [4.78, 5) is -0.232. The van der Waals surface area contributed by atoms with Crippen molar-refractivity contribution in [3.63, 3.8) is 0 Å². The maximum atomic E-state index is 13.7. The molecule has 0 radical (unpaired) electrons. The van der Waals surface area contributed by atoms with Crippen LogP contribution >= 0.6 is 0 Å². The summed E-state index contributed by atoms with van der Waals surface area (Å²) in [5.41, 5.74) is 5.42. The number of benzene rings is 2. The molecular formula is C20H20F3N3O3S. The third kappa shape index (κ3) is 2.48. The van der Waals surface area contributed by atoms with Gasteiger partial charge in [-0.2, -0.15) is 17.5 Å². The summed E-state index contributed by atoms with van der Waals surface area (Å²) in [6.45, 7) is 2.13. The summed E-state index contributed by atoms with van der Waals surface area (Å²) in [5.74, 6) is -0.235. The molecule has 0 amide bonds. The molecule has 0 aromatic heterocycles. The Bertz CT molecular complexity index is 1110. The standard InChI is InChI=1S/C20H20F3N3O3S/c1-19-15-5-3-2-4-13(15)17(14-10-24-25-16(14)18(19)27)26(19)30(28,29)12-8-6-11(7-9-12)20(21,22)23/h2-9,14,16-18,24-25,27H,10H2,1H3. The van der Waals surface area contributed by atoms with Crippen molar-refractivity contribution < 1.29 is 26.7 Å². The van der Waals surface area contributed by atoms with Crippen LogP contribution in [0.2, 0.25) is 0 Å². The van der Waals surface area contributed by atoms with Crippen LogP contribution in [-0.4, -0.2) is 36.5 Å². The van der Waals surface area contributed by atoms with E-state index >= 15 is 0 Å². The second-order valence-electron chi connectivity index (χ2n) is 8.16. The number of rotatable bonds is 2. The van der Waals surface area contributed by atoms with E-state index in [-0.39, 0.29) is 16.9 Å². The van der Waals surface area contributed by atoms with Gasteiger partial charge >= 0.3 is 6.18 Å². The molecule has 6 nitrogen and oxygen atoms in total. The molecule has 5 rings (SSSR count). The lowest BCUT2D eigenvalue weighted by Crippen LogP contribution is -2.64. The molecule has 160 valence electrons. The van der Waals surface area contributed by atoms with Gasteiger partial charge in [-0.25, -0.2) is 8.42 Å². The number of nitrogens with one attached hydrogen (secondary N) is 2. The van der Waals surface area contributed by atoms with Crippen LogP contribution in [0.4, 0.5) is 13.2 Å². The molecule has 2 saturated heterocycles. The van der Waals surface area contributed by atoms with Crippen LogP contribution < -0.4 is 10.9 Å². The number of halogens is 3. The highest BCUT2D eigenvalue weighted by atomic mass is 32.2. The predicted molar refractivity (Wildman–Crippen MR) is 101 cm³/mol.